The Hall–Kier alpha value is -1.90. The average molecular weight is 287 g/mol. The van der Waals surface area contributed by atoms with Crippen molar-refractivity contribution in [3.05, 3.63) is 35.4 Å². The van der Waals surface area contributed by atoms with Crippen LogP contribution in [-0.2, 0) is 4.74 Å². The minimum atomic E-state index is -0.103. The van der Waals surface area contributed by atoms with E-state index in [2.05, 4.69) is 24.1 Å². The maximum atomic E-state index is 12.0. The number of hydrogen-bond donors (Lipinski definition) is 1. The van der Waals surface area contributed by atoms with Gasteiger partial charge in [-0.1, -0.05) is 0 Å². The molecular weight excluding hydrogens is 266 g/mol. The van der Waals surface area contributed by atoms with Gasteiger partial charge < -0.3 is 10.1 Å². The van der Waals surface area contributed by atoms with Crippen molar-refractivity contribution in [3.8, 4) is 6.07 Å². The molecule has 5 nitrogen and oxygen atoms in total. The van der Waals surface area contributed by atoms with Crippen molar-refractivity contribution >= 4 is 5.91 Å². The van der Waals surface area contributed by atoms with E-state index in [0.717, 1.165) is 19.6 Å². The third kappa shape index (κ3) is 4.55. The summed E-state index contributed by atoms with van der Waals surface area (Å²) in [6.45, 7) is 7.36. The molecule has 5 heteroatoms. The summed E-state index contributed by atoms with van der Waals surface area (Å²) < 4.78 is 5.68. The third-order valence-electron chi connectivity index (χ3n) is 3.49. The Morgan fingerprint density at radius 3 is 2.52 bits per heavy atom. The molecule has 1 heterocycles. The van der Waals surface area contributed by atoms with Crippen molar-refractivity contribution in [2.45, 2.75) is 26.1 Å². The minimum absolute atomic E-state index is 0.103. The highest BCUT2D eigenvalue weighted by molar-refractivity contribution is 5.94. The fourth-order valence-corrected chi connectivity index (χ4v) is 2.59. The van der Waals surface area contributed by atoms with Crippen LogP contribution in [0.5, 0.6) is 0 Å². The third-order valence-corrected chi connectivity index (χ3v) is 3.49. The van der Waals surface area contributed by atoms with Crippen molar-refractivity contribution in [1.29, 1.82) is 5.26 Å². The van der Waals surface area contributed by atoms with Crippen molar-refractivity contribution in [3.63, 3.8) is 0 Å². The molecule has 0 aromatic heterocycles. The second-order valence-electron chi connectivity index (χ2n) is 5.46. The van der Waals surface area contributed by atoms with Crippen molar-refractivity contribution in [2.24, 2.45) is 0 Å². The van der Waals surface area contributed by atoms with Gasteiger partial charge in [0.15, 0.2) is 0 Å². The molecule has 0 radical (unpaired) electrons. The molecule has 0 bridgehead atoms. The molecule has 1 aliphatic rings. The molecule has 1 aliphatic heterocycles. The normalized spacial score (nSPS) is 22.5. The van der Waals surface area contributed by atoms with Crippen LogP contribution in [-0.4, -0.2) is 49.2 Å². The lowest BCUT2D eigenvalue weighted by Crippen LogP contribution is -2.47. The fraction of sp³-hybridized carbons (Fsp3) is 0.500. The Bertz CT molecular complexity index is 511. The molecule has 1 aromatic rings. The Labute approximate surface area is 125 Å². The van der Waals surface area contributed by atoms with Gasteiger partial charge in [-0.05, 0) is 38.1 Å². The predicted molar refractivity (Wildman–Crippen MR) is 79.9 cm³/mol. The number of benzene rings is 1. The van der Waals surface area contributed by atoms with E-state index in [1.54, 1.807) is 24.3 Å². The summed E-state index contributed by atoms with van der Waals surface area (Å²) in [7, 11) is 0. The van der Waals surface area contributed by atoms with Crippen LogP contribution >= 0.6 is 0 Å². The van der Waals surface area contributed by atoms with Gasteiger partial charge in [0.05, 0.1) is 23.8 Å². The molecule has 1 amide bonds. The van der Waals surface area contributed by atoms with E-state index in [0.29, 0.717) is 17.7 Å². The molecule has 1 N–H and O–H groups in total. The van der Waals surface area contributed by atoms with Crippen molar-refractivity contribution < 1.29 is 9.53 Å². The Morgan fingerprint density at radius 1 is 1.33 bits per heavy atom. The van der Waals surface area contributed by atoms with Gasteiger partial charge in [0.1, 0.15) is 0 Å². The van der Waals surface area contributed by atoms with E-state index in [1.165, 1.54) is 0 Å². The highest BCUT2D eigenvalue weighted by Crippen LogP contribution is 2.09. The van der Waals surface area contributed by atoms with Crippen LogP contribution < -0.4 is 5.32 Å². The molecule has 0 aliphatic carbocycles. The van der Waals surface area contributed by atoms with Gasteiger partial charge in [0, 0.05) is 31.7 Å². The predicted octanol–water partition coefficient (Wildman–Crippen LogP) is 1.40. The largest absolute Gasteiger partial charge is 0.373 e. The number of hydrogen-bond acceptors (Lipinski definition) is 4. The maximum absolute atomic E-state index is 12.0. The Balaban J connectivity index is 1.77. The Kier molecular flexibility index (Phi) is 5.32. The molecule has 1 saturated heterocycles. The molecular formula is C16H21N3O2. The standard InChI is InChI=1S/C16H21N3O2/c1-12-10-19(11-13(2)21-12)8-7-18-16(20)15-5-3-14(9-17)4-6-15/h3-6,12-13H,7-8,10-11H2,1-2H3,(H,18,20). The lowest BCUT2D eigenvalue weighted by atomic mass is 10.1. The van der Waals surface area contributed by atoms with E-state index < -0.39 is 0 Å². The number of carbonyl (C=O) groups excluding carboxylic acids is 1. The van der Waals surface area contributed by atoms with Crippen LogP contribution in [0.1, 0.15) is 29.8 Å². The van der Waals surface area contributed by atoms with E-state index in [4.69, 9.17) is 10.00 Å². The summed E-state index contributed by atoms with van der Waals surface area (Å²) in [5.41, 5.74) is 1.14. The number of nitriles is 1. The topological polar surface area (TPSA) is 65.4 Å². The number of nitrogens with one attached hydrogen (secondary N) is 1. The van der Waals surface area contributed by atoms with E-state index in [-0.39, 0.29) is 18.1 Å². The van der Waals surface area contributed by atoms with Crippen LogP contribution in [0.3, 0.4) is 0 Å². The summed E-state index contributed by atoms with van der Waals surface area (Å²) in [4.78, 5) is 14.3. The molecule has 21 heavy (non-hydrogen) atoms. The number of amides is 1. The smallest absolute Gasteiger partial charge is 0.251 e. The second-order valence-corrected chi connectivity index (χ2v) is 5.46. The number of nitrogens with zero attached hydrogens (tertiary/aromatic N) is 2. The van der Waals surface area contributed by atoms with Gasteiger partial charge in [-0.15, -0.1) is 0 Å². The zero-order chi connectivity index (χ0) is 15.2. The number of morpholine rings is 1. The van der Waals surface area contributed by atoms with E-state index >= 15 is 0 Å². The molecule has 1 aromatic carbocycles. The van der Waals surface area contributed by atoms with E-state index in [1.807, 2.05) is 6.07 Å². The summed E-state index contributed by atoms with van der Waals surface area (Å²) in [6, 6.07) is 8.69. The van der Waals surface area contributed by atoms with Crippen LogP contribution in [0.2, 0.25) is 0 Å². The first-order valence-corrected chi connectivity index (χ1v) is 7.24. The van der Waals surface area contributed by atoms with Gasteiger partial charge in [0.25, 0.3) is 5.91 Å². The van der Waals surface area contributed by atoms with Gasteiger partial charge >= 0.3 is 0 Å². The number of rotatable bonds is 4. The Morgan fingerprint density at radius 2 is 1.95 bits per heavy atom. The molecule has 2 rings (SSSR count). The zero-order valence-electron chi connectivity index (χ0n) is 12.5. The lowest BCUT2D eigenvalue weighted by molar-refractivity contribution is -0.0672. The van der Waals surface area contributed by atoms with Crippen LogP contribution in [0.25, 0.3) is 0 Å². The highest BCUT2D eigenvalue weighted by atomic mass is 16.5. The van der Waals surface area contributed by atoms with E-state index in [9.17, 15) is 4.79 Å². The quantitative estimate of drug-likeness (QED) is 0.909. The molecule has 2 unspecified atom stereocenters. The summed E-state index contributed by atoms with van der Waals surface area (Å²) >= 11 is 0. The summed E-state index contributed by atoms with van der Waals surface area (Å²) in [6.07, 6.45) is 0.478. The van der Waals surface area contributed by atoms with Crippen LogP contribution in [0, 0.1) is 11.3 Å². The van der Waals surface area contributed by atoms with Crippen molar-refractivity contribution in [1.82, 2.24) is 10.2 Å². The molecule has 0 saturated carbocycles. The number of ether oxygens (including phenoxy) is 1. The van der Waals surface area contributed by atoms with Gasteiger partial charge in [-0.2, -0.15) is 5.26 Å². The van der Waals surface area contributed by atoms with Crippen LogP contribution in [0.4, 0.5) is 0 Å². The van der Waals surface area contributed by atoms with Gasteiger partial charge in [-0.3, -0.25) is 9.69 Å². The fourth-order valence-electron chi connectivity index (χ4n) is 2.59. The highest BCUT2D eigenvalue weighted by Gasteiger charge is 2.21. The molecule has 112 valence electrons. The molecule has 2 atom stereocenters. The monoisotopic (exact) mass is 287 g/mol. The lowest BCUT2D eigenvalue weighted by Gasteiger charge is -2.35. The molecule has 1 fully saturated rings. The van der Waals surface area contributed by atoms with Gasteiger partial charge in [0.2, 0.25) is 0 Å². The minimum Gasteiger partial charge on any atom is -0.373 e. The first-order chi connectivity index (χ1) is 10.1. The average Bonchev–Trinajstić information content (AvgIpc) is 2.46. The zero-order valence-corrected chi connectivity index (χ0v) is 12.5. The molecule has 0 spiro atoms. The van der Waals surface area contributed by atoms with Crippen LogP contribution in [0.15, 0.2) is 24.3 Å². The van der Waals surface area contributed by atoms with Gasteiger partial charge in [-0.25, -0.2) is 0 Å². The number of carbonyl (C=O) groups is 1. The first-order valence-electron chi connectivity index (χ1n) is 7.24. The summed E-state index contributed by atoms with van der Waals surface area (Å²) in [5, 5.41) is 11.6. The second kappa shape index (κ2) is 7.21. The first kappa shape index (κ1) is 15.5. The summed E-state index contributed by atoms with van der Waals surface area (Å²) in [5.74, 6) is -0.103. The SMILES string of the molecule is CC1CN(CCNC(=O)c2ccc(C#N)cc2)CC(C)O1. The van der Waals surface area contributed by atoms with Crippen molar-refractivity contribution in [2.75, 3.05) is 26.2 Å². The maximum Gasteiger partial charge on any atom is 0.251 e.